The van der Waals surface area contributed by atoms with Gasteiger partial charge in [-0.15, -0.1) is 17.9 Å². The fourth-order valence-corrected chi connectivity index (χ4v) is 4.07. The quantitative estimate of drug-likeness (QED) is 0.419. The van der Waals surface area contributed by atoms with Gasteiger partial charge in [0.15, 0.2) is 0 Å². The number of benzene rings is 1. The van der Waals surface area contributed by atoms with Gasteiger partial charge < -0.3 is 5.32 Å². The van der Waals surface area contributed by atoms with Crippen LogP contribution in [0, 0.1) is 0 Å². The van der Waals surface area contributed by atoms with Gasteiger partial charge in [-0.2, -0.15) is 0 Å². The lowest BCUT2D eigenvalue weighted by atomic mass is 10.0. The van der Waals surface area contributed by atoms with Crippen molar-refractivity contribution in [3.8, 4) is 0 Å². The Labute approximate surface area is 167 Å². The lowest BCUT2D eigenvalue weighted by Gasteiger charge is -2.14. The van der Waals surface area contributed by atoms with Crippen LogP contribution in [0.4, 0.5) is 5.69 Å². The number of rotatable bonds is 11. The van der Waals surface area contributed by atoms with E-state index in [9.17, 15) is 0 Å². The lowest BCUT2D eigenvalue weighted by molar-refractivity contribution is 0.762. The number of aryl methyl sites for hydroxylation is 1. The standard InChI is InChI=1S/C24H30N2S/c1-4-9-18(3)11-8-13-19-12-6-7-14-21(19)26-24(20-15-16-20)22-17-27-23(25-22)10-5-2/h5-7,12,14,17,26H,2-4,8-11,13,15-16H2,1H3. The summed E-state index contributed by atoms with van der Waals surface area (Å²) in [6.45, 7) is 10.2. The molecule has 0 amide bonds. The van der Waals surface area contributed by atoms with Crippen LogP contribution in [0.15, 0.2) is 60.0 Å². The van der Waals surface area contributed by atoms with E-state index in [1.165, 1.54) is 47.4 Å². The van der Waals surface area contributed by atoms with Gasteiger partial charge in [0.05, 0.1) is 16.4 Å². The van der Waals surface area contributed by atoms with E-state index in [2.05, 4.69) is 55.0 Å². The Morgan fingerprint density at radius 2 is 2.07 bits per heavy atom. The third-order valence-corrected chi connectivity index (χ3v) is 5.71. The van der Waals surface area contributed by atoms with Crippen molar-refractivity contribution < 1.29 is 0 Å². The van der Waals surface area contributed by atoms with Crippen LogP contribution in [-0.2, 0) is 12.8 Å². The molecule has 1 N–H and O–H groups in total. The van der Waals surface area contributed by atoms with Crippen LogP contribution >= 0.6 is 11.3 Å². The monoisotopic (exact) mass is 378 g/mol. The zero-order valence-electron chi connectivity index (χ0n) is 16.4. The Bertz CT molecular complexity index is 822. The zero-order valence-corrected chi connectivity index (χ0v) is 17.2. The molecule has 1 aliphatic rings. The Morgan fingerprint density at radius 1 is 1.26 bits per heavy atom. The number of thiazole rings is 1. The Hall–Kier alpha value is -2.13. The van der Waals surface area contributed by atoms with Crippen molar-refractivity contribution in [2.24, 2.45) is 0 Å². The Kier molecular flexibility index (Phi) is 7.05. The third-order valence-electron chi connectivity index (χ3n) is 4.84. The number of anilines is 1. The molecule has 1 aromatic carbocycles. The SMILES string of the molecule is C=CCc1nc(C(Nc2ccccc2CCCC(=C)CCC)=C2CC2)cs1. The summed E-state index contributed by atoms with van der Waals surface area (Å²) in [5.41, 5.74) is 7.74. The summed E-state index contributed by atoms with van der Waals surface area (Å²) in [4.78, 5) is 4.81. The van der Waals surface area contributed by atoms with Gasteiger partial charge in [0, 0.05) is 17.5 Å². The molecular weight excluding hydrogens is 348 g/mol. The molecule has 27 heavy (non-hydrogen) atoms. The van der Waals surface area contributed by atoms with Gasteiger partial charge in [-0.05, 0) is 55.7 Å². The van der Waals surface area contributed by atoms with Crippen molar-refractivity contribution >= 4 is 22.7 Å². The van der Waals surface area contributed by atoms with Gasteiger partial charge in [-0.1, -0.05) is 49.8 Å². The number of nitrogens with one attached hydrogen (secondary N) is 1. The van der Waals surface area contributed by atoms with E-state index in [1.807, 2.05) is 6.08 Å². The molecule has 1 aromatic heterocycles. The van der Waals surface area contributed by atoms with E-state index in [4.69, 9.17) is 4.98 Å². The first kappa shape index (κ1) is 19.6. The van der Waals surface area contributed by atoms with E-state index in [0.29, 0.717) is 0 Å². The number of aromatic nitrogens is 1. The first-order valence-corrected chi connectivity index (χ1v) is 10.9. The fourth-order valence-electron chi connectivity index (χ4n) is 3.29. The molecule has 142 valence electrons. The van der Waals surface area contributed by atoms with Crippen LogP contribution in [0.3, 0.4) is 0 Å². The number of hydrogen-bond acceptors (Lipinski definition) is 3. The summed E-state index contributed by atoms with van der Waals surface area (Å²) in [7, 11) is 0. The summed E-state index contributed by atoms with van der Waals surface area (Å²) in [5, 5.41) is 7.02. The number of allylic oxidation sites excluding steroid dienone is 3. The van der Waals surface area contributed by atoms with E-state index in [1.54, 1.807) is 11.3 Å². The fraction of sp³-hybridized carbons (Fsp3) is 0.375. The van der Waals surface area contributed by atoms with Crippen molar-refractivity contribution in [1.29, 1.82) is 0 Å². The molecule has 0 spiro atoms. The Morgan fingerprint density at radius 3 is 2.81 bits per heavy atom. The van der Waals surface area contributed by atoms with Gasteiger partial charge in [-0.25, -0.2) is 4.98 Å². The predicted molar refractivity (Wildman–Crippen MR) is 119 cm³/mol. The molecule has 3 heteroatoms. The highest BCUT2D eigenvalue weighted by Gasteiger charge is 2.21. The first-order chi connectivity index (χ1) is 13.2. The van der Waals surface area contributed by atoms with E-state index in [-0.39, 0.29) is 0 Å². The Balaban J connectivity index is 1.71. The van der Waals surface area contributed by atoms with Gasteiger partial charge in [0.2, 0.25) is 0 Å². The first-order valence-electron chi connectivity index (χ1n) is 10.0. The van der Waals surface area contributed by atoms with Crippen LogP contribution in [0.25, 0.3) is 5.70 Å². The molecule has 0 unspecified atom stereocenters. The minimum absolute atomic E-state index is 0.839. The van der Waals surface area contributed by atoms with Gasteiger partial charge in [0.25, 0.3) is 0 Å². The van der Waals surface area contributed by atoms with Gasteiger partial charge in [-0.3, -0.25) is 0 Å². The highest BCUT2D eigenvalue weighted by Crippen LogP contribution is 2.38. The summed E-state index contributed by atoms with van der Waals surface area (Å²) in [5.74, 6) is 0. The second kappa shape index (κ2) is 9.70. The second-order valence-electron chi connectivity index (χ2n) is 7.23. The molecule has 0 aliphatic heterocycles. The molecule has 2 nitrogen and oxygen atoms in total. The maximum Gasteiger partial charge on any atom is 0.0976 e. The van der Waals surface area contributed by atoms with Crippen molar-refractivity contribution in [3.63, 3.8) is 0 Å². The van der Waals surface area contributed by atoms with Crippen molar-refractivity contribution in [2.75, 3.05) is 5.32 Å². The molecular formula is C24H30N2S. The lowest BCUT2D eigenvalue weighted by Crippen LogP contribution is -2.03. The average molecular weight is 379 g/mol. The summed E-state index contributed by atoms with van der Waals surface area (Å²) >= 11 is 1.72. The third kappa shape index (κ3) is 5.67. The minimum Gasteiger partial charge on any atom is -0.354 e. The van der Waals surface area contributed by atoms with Crippen LogP contribution in [0.2, 0.25) is 0 Å². The highest BCUT2D eigenvalue weighted by atomic mass is 32.1. The normalized spacial score (nSPS) is 12.7. The van der Waals surface area contributed by atoms with Crippen LogP contribution in [0.5, 0.6) is 0 Å². The molecule has 2 aromatic rings. The number of nitrogens with zero attached hydrogens (tertiary/aromatic N) is 1. The average Bonchev–Trinajstić information content (AvgIpc) is 3.40. The van der Waals surface area contributed by atoms with Crippen molar-refractivity contribution in [3.05, 3.63) is 76.3 Å². The minimum atomic E-state index is 0.839. The molecule has 1 saturated carbocycles. The largest absolute Gasteiger partial charge is 0.354 e. The predicted octanol–water partition coefficient (Wildman–Crippen LogP) is 7.17. The smallest absolute Gasteiger partial charge is 0.0976 e. The topological polar surface area (TPSA) is 24.9 Å². The maximum atomic E-state index is 4.81. The van der Waals surface area contributed by atoms with E-state index < -0.39 is 0 Å². The van der Waals surface area contributed by atoms with Gasteiger partial charge in [0.1, 0.15) is 0 Å². The summed E-state index contributed by atoms with van der Waals surface area (Å²) in [6, 6.07) is 8.68. The van der Waals surface area contributed by atoms with Crippen LogP contribution in [-0.4, -0.2) is 4.98 Å². The highest BCUT2D eigenvalue weighted by molar-refractivity contribution is 7.09. The zero-order chi connectivity index (χ0) is 19.1. The molecule has 1 fully saturated rings. The molecule has 3 rings (SSSR count). The van der Waals surface area contributed by atoms with E-state index >= 15 is 0 Å². The van der Waals surface area contributed by atoms with E-state index in [0.717, 1.165) is 42.8 Å². The molecule has 0 bridgehead atoms. The van der Waals surface area contributed by atoms with Crippen molar-refractivity contribution in [1.82, 2.24) is 4.98 Å². The molecule has 1 aliphatic carbocycles. The number of hydrogen-bond donors (Lipinski definition) is 1. The molecule has 1 heterocycles. The second-order valence-corrected chi connectivity index (χ2v) is 8.18. The summed E-state index contributed by atoms with van der Waals surface area (Å²) in [6.07, 6.45) is 10.8. The number of para-hydroxylation sites is 1. The molecule has 0 radical (unpaired) electrons. The molecule has 0 saturated heterocycles. The van der Waals surface area contributed by atoms with Gasteiger partial charge >= 0.3 is 0 Å². The molecule has 0 atom stereocenters. The van der Waals surface area contributed by atoms with Crippen molar-refractivity contribution in [2.45, 2.75) is 58.3 Å². The summed E-state index contributed by atoms with van der Waals surface area (Å²) < 4.78 is 0. The van der Waals surface area contributed by atoms with Crippen LogP contribution < -0.4 is 5.32 Å². The maximum absolute atomic E-state index is 4.81. The van der Waals surface area contributed by atoms with Crippen LogP contribution in [0.1, 0.15) is 61.7 Å².